The number of carbonyl (C=O) groups is 1. The van der Waals surface area contributed by atoms with Crippen LogP contribution in [0.4, 0.5) is 0 Å². The molecule has 3 rings (SSSR count). The molecule has 1 aromatic rings. The quantitative estimate of drug-likeness (QED) is 0.607. The van der Waals surface area contributed by atoms with E-state index in [1.54, 1.807) is 21.3 Å². The number of carbonyl (C=O) groups excluding carboxylic acids is 1. The second kappa shape index (κ2) is 10.1. The monoisotopic (exact) mass is 455 g/mol. The summed E-state index contributed by atoms with van der Waals surface area (Å²) >= 11 is 0. The number of amides is 1. The van der Waals surface area contributed by atoms with Crippen LogP contribution in [0.25, 0.3) is 0 Å². The zero-order valence-corrected chi connectivity index (χ0v) is 19.6. The molecule has 2 fully saturated rings. The lowest BCUT2D eigenvalue weighted by molar-refractivity contribution is -0.138. The molecule has 0 aliphatic carbocycles. The van der Waals surface area contributed by atoms with Crippen molar-refractivity contribution in [1.82, 2.24) is 14.1 Å². The number of rotatable bonds is 7. The van der Waals surface area contributed by atoms with Crippen molar-refractivity contribution in [2.24, 2.45) is 5.92 Å². The number of methoxy groups -OCH3 is 3. The molecular weight excluding hydrogens is 422 g/mol. The highest BCUT2D eigenvalue weighted by Crippen LogP contribution is 2.40. The Bertz CT molecular complexity index is 883. The van der Waals surface area contributed by atoms with Crippen molar-refractivity contribution in [3.63, 3.8) is 0 Å². The molecule has 0 saturated carbocycles. The number of nitrogens with zero attached hydrogens (tertiary/aromatic N) is 3. The summed E-state index contributed by atoms with van der Waals surface area (Å²) in [5.74, 6) is 1.67. The van der Waals surface area contributed by atoms with Gasteiger partial charge in [-0.05, 0) is 18.9 Å². The average molecular weight is 456 g/mol. The zero-order chi connectivity index (χ0) is 22.6. The summed E-state index contributed by atoms with van der Waals surface area (Å²) in [7, 11) is 1.53. The second-order valence-electron chi connectivity index (χ2n) is 8.06. The maximum Gasteiger partial charge on any atom is 0.227 e. The van der Waals surface area contributed by atoms with E-state index in [2.05, 4.69) is 4.90 Å². The van der Waals surface area contributed by atoms with Crippen molar-refractivity contribution in [2.75, 3.05) is 66.9 Å². The molecule has 2 aliphatic heterocycles. The van der Waals surface area contributed by atoms with Crippen LogP contribution in [0.5, 0.6) is 17.2 Å². The molecular formula is C21H33N3O6S. The molecule has 1 amide bonds. The van der Waals surface area contributed by atoms with Gasteiger partial charge >= 0.3 is 0 Å². The van der Waals surface area contributed by atoms with Gasteiger partial charge in [-0.15, -0.1) is 0 Å². The lowest BCUT2D eigenvalue weighted by Gasteiger charge is -2.38. The van der Waals surface area contributed by atoms with Gasteiger partial charge in [0, 0.05) is 51.4 Å². The first-order chi connectivity index (χ1) is 14.8. The van der Waals surface area contributed by atoms with E-state index in [1.807, 2.05) is 17.0 Å². The van der Waals surface area contributed by atoms with Crippen LogP contribution in [0.3, 0.4) is 0 Å². The number of hydrogen-bond donors (Lipinski definition) is 0. The standard InChI is InChI=1S/C21H33N3O6S/c1-28-18-8-7-16(19(29-2)20(18)30-3)14-22-10-12-23(13-11-22)21(25)17-6-5-9-24(15-17)31(4,26)27/h7-8,17H,5-6,9-15H2,1-4H3. The van der Waals surface area contributed by atoms with Crippen molar-refractivity contribution in [3.05, 3.63) is 17.7 Å². The third kappa shape index (κ3) is 5.42. The zero-order valence-electron chi connectivity index (χ0n) is 18.8. The second-order valence-corrected chi connectivity index (χ2v) is 10.0. The van der Waals surface area contributed by atoms with Crippen LogP contribution in [0, 0.1) is 5.92 Å². The number of sulfonamides is 1. The van der Waals surface area contributed by atoms with Crippen LogP contribution < -0.4 is 14.2 Å². The Labute approximate surface area is 184 Å². The molecule has 2 saturated heterocycles. The maximum absolute atomic E-state index is 13.0. The maximum atomic E-state index is 13.0. The smallest absolute Gasteiger partial charge is 0.227 e. The molecule has 0 radical (unpaired) electrons. The molecule has 1 unspecified atom stereocenters. The van der Waals surface area contributed by atoms with Crippen LogP contribution in [-0.2, 0) is 21.4 Å². The van der Waals surface area contributed by atoms with Gasteiger partial charge in [0.25, 0.3) is 0 Å². The molecule has 1 aromatic carbocycles. The van der Waals surface area contributed by atoms with Gasteiger partial charge in [0.2, 0.25) is 21.7 Å². The minimum atomic E-state index is -3.26. The van der Waals surface area contributed by atoms with E-state index in [4.69, 9.17) is 14.2 Å². The Morgan fingerprint density at radius 3 is 2.26 bits per heavy atom. The van der Waals surface area contributed by atoms with Gasteiger partial charge in [-0.1, -0.05) is 6.07 Å². The predicted octanol–water partition coefficient (Wildman–Crippen LogP) is 1.03. The Morgan fingerprint density at radius 1 is 1.00 bits per heavy atom. The van der Waals surface area contributed by atoms with E-state index in [-0.39, 0.29) is 11.8 Å². The number of piperidine rings is 1. The summed E-state index contributed by atoms with van der Waals surface area (Å²) in [6, 6.07) is 3.84. The van der Waals surface area contributed by atoms with Crippen molar-refractivity contribution in [2.45, 2.75) is 19.4 Å². The summed E-state index contributed by atoms with van der Waals surface area (Å²) in [6.07, 6.45) is 2.68. The predicted molar refractivity (Wildman–Crippen MR) is 117 cm³/mol. The fraction of sp³-hybridized carbons (Fsp3) is 0.667. The summed E-state index contributed by atoms with van der Waals surface area (Å²) in [4.78, 5) is 17.1. The van der Waals surface area contributed by atoms with Gasteiger partial charge < -0.3 is 19.1 Å². The van der Waals surface area contributed by atoms with Crippen LogP contribution in [-0.4, -0.2) is 95.3 Å². The molecule has 0 N–H and O–H groups in total. The molecule has 0 spiro atoms. The SMILES string of the molecule is COc1ccc(CN2CCN(C(=O)C3CCCN(S(C)(=O)=O)C3)CC2)c(OC)c1OC. The molecule has 9 nitrogen and oxygen atoms in total. The topological polar surface area (TPSA) is 88.6 Å². The number of benzene rings is 1. The minimum absolute atomic E-state index is 0.0664. The van der Waals surface area contributed by atoms with E-state index in [0.717, 1.165) is 31.5 Å². The normalized spacial score (nSPS) is 21.0. The Morgan fingerprint density at radius 2 is 1.68 bits per heavy atom. The summed E-state index contributed by atoms with van der Waals surface area (Å²) in [5.41, 5.74) is 0.996. The summed E-state index contributed by atoms with van der Waals surface area (Å²) < 4.78 is 41.5. The van der Waals surface area contributed by atoms with E-state index in [9.17, 15) is 13.2 Å². The van der Waals surface area contributed by atoms with Gasteiger partial charge in [-0.3, -0.25) is 9.69 Å². The first-order valence-corrected chi connectivity index (χ1v) is 12.4. The van der Waals surface area contributed by atoms with Gasteiger partial charge in [0.15, 0.2) is 11.5 Å². The van der Waals surface area contributed by atoms with E-state index in [1.165, 1.54) is 10.6 Å². The summed E-state index contributed by atoms with van der Waals surface area (Å²) in [5, 5.41) is 0. The van der Waals surface area contributed by atoms with Gasteiger partial charge in [-0.2, -0.15) is 0 Å². The van der Waals surface area contributed by atoms with Crippen LogP contribution in [0.2, 0.25) is 0 Å². The molecule has 10 heteroatoms. The molecule has 1 atom stereocenters. The number of piperazine rings is 1. The van der Waals surface area contributed by atoms with E-state index < -0.39 is 10.0 Å². The fourth-order valence-corrected chi connectivity index (χ4v) is 5.27. The third-order valence-corrected chi connectivity index (χ3v) is 7.34. The highest BCUT2D eigenvalue weighted by Gasteiger charge is 2.33. The highest BCUT2D eigenvalue weighted by molar-refractivity contribution is 7.88. The van der Waals surface area contributed by atoms with Crippen LogP contribution in [0.15, 0.2) is 12.1 Å². The van der Waals surface area contributed by atoms with Crippen molar-refractivity contribution < 1.29 is 27.4 Å². The molecule has 0 bridgehead atoms. The van der Waals surface area contributed by atoms with Gasteiger partial charge in [0.1, 0.15) is 0 Å². The van der Waals surface area contributed by atoms with Gasteiger partial charge in [0.05, 0.1) is 33.5 Å². The average Bonchev–Trinajstić information content (AvgIpc) is 2.78. The Kier molecular flexibility index (Phi) is 7.66. The van der Waals surface area contributed by atoms with E-state index in [0.29, 0.717) is 50.0 Å². The minimum Gasteiger partial charge on any atom is -0.493 e. The van der Waals surface area contributed by atoms with Gasteiger partial charge in [-0.25, -0.2) is 12.7 Å². The third-order valence-electron chi connectivity index (χ3n) is 6.07. The first-order valence-electron chi connectivity index (χ1n) is 10.5. The molecule has 2 heterocycles. The van der Waals surface area contributed by atoms with Crippen molar-refractivity contribution in [1.29, 1.82) is 0 Å². The first kappa shape index (κ1) is 23.6. The number of hydrogen-bond acceptors (Lipinski definition) is 7. The van der Waals surface area contributed by atoms with E-state index >= 15 is 0 Å². The molecule has 0 aromatic heterocycles. The van der Waals surface area contributed by atoms with Crippen LogP contribution in [0.1, 0.15) is 18.4 Å². The highest BCUT2D eigenvalue weighted by atomic mass is 32.2. The molecule has 174 valence electrons. The Hall–Kier alpha value is -2.04. The lowest BCUT2D eigenvalue weighted by atomic mass is 9.97. The largest absolute Gasteiger partial charge is 0.493 e. The van der Waals surface area contributed by atoms with Crippen molar-refractivity contribution in [3.8, 4) is 17.2 Å². The van der Waals surface area contributed by atoms with Crippen LogP contribution >= 0.6 is 0 Å². The molecule has 31 heavy (non-hydrogen) atoms. The van der Waals surface area contributed by atoms with Crippen molar-refractivity contribution >= 4 is 15.9 Å². The number of ether oxygens (including phenoxy) is 3. The molecule has 2 aliphatic rings. The lowest BCUT2D eigenvalue weighted by Crippen LogP contribution is -2.52. The Balaban J connectivity index is 1.59. The fourth-order valence-electron chi connectivity index (χ4n) is 4.36. The summed E-state index contributed by atoms with van der Waals surface area (Å²) in [6.45, 7) is 4.21.